The minimum Gasteiger partial charge on any atom is -0.352 e. The van der Waals surface area contributed by atoms with Crippen molar-refractivity contribution < 1.29 is 13.2 Å². The van der Waals surface area contributed by atoms with Crippen molar-refractivity contribution in [3.63, 3.8) is 0 Å². The highest BCUT2D eigenvalue weighted by Gasteiger charge is 2.17. The van der Waals surface area contributed by atoms with Crippen LogP contribution in [0.5, 0.6) is 0 Å². The SMILES string of the molecule is Cc1ccc2c(c1)[nH]c1c(F)cc(F)c(F)c12. The number of aromatic amines is 1. The first-order valence-corrected chi connectivity index (χ1v) is 5.13. The molecule has 1 N–H and O–H groups in total. The van der Waals surface area contributed by atoms with Crippen molar-refractivity contribution in [3.05, 3.63) is 47.3 Å². The maximum Gasteiger partial charge on any atom is 0.169 e. The topological polar surface area (TPSA) is 15.8 Å². The average Bonchev–Trinajstić information content (AvgIpc) is 2.65. The summed E-state index contributed by atoms with van der Waals surface area (Å²) in [6, 6.07) is 5.76. The number of halogens is 3. The maximum atomic E-state index is 13.7. The second kappa shape index (κ2) is 3.26. The van der Waals surface area contributed by atoms with Crippen LogP contribution in [0, 0.1) is 24.4 Å². The summed E-state index contributed by atoms with van der Waals surface area (Å²) in [6.07, 6.45) is 0. The van der Waals surface area contributed by atoms with Gasteiger partial charge in [-0.05, 0) is 18.6 Å². The zero-order valence-corrected chi connectivity index (χ0v) is 8.94. The average molecular weight is 235 g/mol. The number of hydrogen-bond donors (Lipinski definition) is 1. The highest BCUT2D eigenvalue weighted by molar-refractivity contribution is 6.07. The van der Waals surface area contributed by atoms with Crippen molar-refractivity contribution in [3.8, 4) is 0 Å². The zero-order chi connectivity index (χ0) is 12.2. The molecule has 3 rings (SSSR count). The third kappa shape index (κ3) is 1.33. The fourth-order valence-corrected chi connectivity index (χ4v) is 2.08. The number of hydrogen-bond acceptors (Lipinski definition) is 0. The molecule has 0 radical (unpaired) electrons. The van der Waals surface area contributed by atoms with Gasteiger partial charge < -0.3 is 4.98 Å². The van der Waals surface area contributed by atoms with Crippen molar-refractivity contribution in [2.24, 2.45) is 0 Å². The molecule has 3 aromatic rings. The van der Waals surface area contributed by atoms with Crippen LogP contribution >= 0.6 is 0 Å². The molecule has 86 valence electrons. The minimum atomic E-state index is -1.17. The molecule has 0 fully saturated rings. The van der Waals surface area contributed by atoms with Gasteiger partial charge in [0, 0.05) is 22.4 Å². The minimum absolute atomic E-state index is 0.00417. The van der Waals surface area contributed by atoms with Gasteiger partial charge in [-0.2, -0.15) is 0 Å². The summed E-state index contributed by atoms with van der Waals surface area (Å²) in [5.41, 5.74) is 1.57. The first kappa shape index (κ1) is 10.2. The molecule has 1 nitrogen and oxygen atoms in total. The Morgan fingerprint density at radius 2 is 1.76 bits per heavy atom. The standard InChI is InChI=1S/C13H8F3N/c1-6-2-3-7-10(4-6)17-13-9(15)5-8(14)12(16)11(7)13/h2-5,17H,1H3. The summed E-state index contributed by atoms with van der Waals surface area (Å²) in [5, 5.41) is 0.457. The number of H-pyrrole nitrogens is 1. The van der Waals surface area contributed by atoms with E-state index in [1.54, 1.807) is 18.2 Å². The Bertz CT molecular complexity index is 743. The van der Waals surface area contributed by atoms with E-state index in [-0.39, 0.29) is 10.9 Å². The number of benzene rings is 2. The Hall–Kier alpha value is -1.97. The molecule has 0 spiro atoms. The van der Waals surface area contributed by atoms with E-state index in [0.717, 1.165) is 5.56 Å². The molecule has 0 aliphatic rings. The molecule has 0 atom stereocenters. The molecular weight excluding hydrogens is 227 g/mol. The number of fused-ring (bicyclic) bond motifs is 3. The normalized spacial score (nSPS) is 11.5. The molecule has 0 saturated carbocycles. The van der Waals surface area contributed by atoms with E-state index >= 15 is 0 Å². The first-order chi connectivity index (χ1) is 8.08. The van der Waals surface area contributed by atoms with Crippen LogP contribution in [-0.4, -0.2) is 4.98 Å². The second-order valence-corrected chi connectivity index (χ2v) is 4.08. The van der Waals surface area contributed by atoms with Crippen molar-refractivity contribution in [2.45, 2.75) is 6.92 Å². The fourth-order valence-electron chi connectivity index (χ4n) is 2.08. The predicted molar refractivity (Wildman–Crippen MR) is 60.4 cm³/mol. The van der Waals surface area contributed by atoms with Gasteiger partial charge in [0.1, 0.15) is 5.82 Å². The molecular formula is C13H8F3N. The third-order valence-corrected chi connectivity index (χ3v) is 2.88. The van der Waals surface area contributed by atoms with Crippen molar-refractivity contribution in [1.82, 2.24) is 4.98 Å². The molecule has 0 saturated heterocycles. The number of rotatable bonds is 0. The van der Waals surface area contributed by atoms with Gasteiger partial charge in [0.2, 0.25) is 0 Å². The molecule has 17 heavy (non-hydrogen) atoms. The van der Waals surface area contributed by atoms with Crippen LogP contribution in [0.1, 0.15) is 5.56 Å². The number of nitrogens with one attached hydrogen (secondary N) is 1. The second-order valence-electron chi connectivity index (χ2n) is 4.08. The highest BCUT2D eigenvalue weighted by Crippen LogP contribution is 2.31. The van der Waals surface area contributed by atoms with E-state index in [1.807, 2.05) is 6.92 Å². The van der Waals surface area contributed by atoms with Gasteiger partial charge in [-0.3, -0.25) is 0 Å². The van der Waals surface area contributed by atoms with Crippen LogP contribution in [0.3, 0.4) is 0 Å². The molecule has 0 unspecified atom stereocenters. The summed E-state index contributed by atoms with van der Waals surface area (Å²) in [5.74, 6) is -2.97. The van der Waals surface area contributed by atoms with Crippen LogP contribution in [0.15, 0.2) is 24.3 Å². The molecule has 0 amide bonds. The largest absolute Gasteiger partial charge is 0.352 e. The van der Waals surface area contributed by atoms with Gasteiger partial charge in [0.15, 0.2) is 11.6 Å². The molecule has 2 aromatic carbocycles. The van der Waals surface area contributed by atoms with Gasteiger partial charge in [-0.25, -0.2) is 13.2 Å². The van der Waals surface area contributed by atoms with Crippen molar-refractivity contribution >= 4 is 21.8 Å². The van der Waals surface area contributed by atoms with Gasteiger partial charge in [-0.15, -0.1) is 0 Å². The molecule has 0 bridgehead atoms. The first-order valence-electron chi connectivity index (χ1n) is 5.13. The summed E-state index contributed by atoms with van der Waals surface area (Å²) in [7, 11) is 0. The Morgan fingerprint density at radius 1 is 1.00 bits per heavy atom. The van der Waals surface area contributed by atoms with Gasteiger partial charge in [-0.1, -0.05) is 12.1 Å². The smallest absolute Gasteiger partial charge is 0.169 e. The van der Waals surface area contributed by atoms with E-state index in [4.69, 9.17) is 0 Å². The van der Waals surface area contributed by atoms with Gasteiger partial charge in [0.25, 0.3) is 0 Å². The van der Waals surface area contributed by atoms with Crippen LogP contribution in [0.25, 0.3) is 21.8 Å². The van der Waals surface area contributed by atoms with Crippen LogP contribution in [-0.2, 0) is 0 Å². The maximum absolute atomic E-state index is 13.7. The third-order valence-electron chi connectivity index (χ3n) is 2.88. The lowest BCUT2D eigenvalue weighted by molar-refractivity contribution is 0.506. The van der Waals surface area contributed by atoms with E-state index in [1.165, 1.54) is 0 Å². The highest BCUT2D eigenvalue weighted by atomic mass is 19.2. The van der Waals surface area contributed by atoms with Crippen LogP contribution in [0.2, 0.25) is 0 Å². The quantitative estimate of drug-likeness (QED) is 0.566. The van der Waals surface area contributed by atoms with Gasteiger partial charge >= 0.3 is 0 Å². The molecule has 0 aliphatic heterocycles. The summed E-state index contributed by atoms with van der Waals surface area (Å²) in [6.45, 7) is 1.87. The van der Waals surface area contributed by atoms with Crippen LogP contribution < -0.4 is 0 Å². The van der Waals surface area contributed by atoms with E-state index in [0.29, 0.717) is 17.0 Å². The Kier molecular flexibility index (Phi) is 1.96. The van der Waals surface area contributed by atoms with Crippen molar-refractivity contribution in [2.75, 3.05) is 0 Å². The number of aryl methyl sites for hydroxylation is 1. The molecule has 4 heteroatoms. The lowest BCUT2D eigenvalue weighted by atomic mass is 10.1. The molecule has 1 aromatic heterocycles. The lowest BCUT2D eigenvalue weighted by Crippen LogP contribution is -1.88. The number of aromatic nitrogens is 1. The Labute approximate surface area is 94.9 Å². The summed E-state index contributed by atoms with van der Waals surface area (Å²) < 4.78 is 40.4. The van der Waals surface area contributed by atoms with E-state index in [2.05, 4.69) is 4.98 Å². The fraction of sp³-hybridized carbons (Fsp3) is 0.0769. The molecule has 1 heterocycles. The van der Waals surface area contributed by atoms with Gasteiger partial charge in [0.05, 0.1) is 5.52 Å². The Balaban J connectivity index is 2.61. The summed E-state index contributed by atoms with van der Waals surface area (Å²) in [4.78, 5) is 2.77. The predicted octanol–water partition coefficient (Wildman–Crippen LogP) is 4.05. The van der Waals surface area contributed by atoms with E-state index in [9.17, 15) is 13.2 Å². The zero-order valence-electron chi connectivity index (χ0n) is 8.94. The monoisotopic (exact) mass is 235 g/mol. The van der Waals surface area contributed by atoms with Crippen LogP contribution in [0.4, 0.5) is 13.2 Å². The molecule has 0 aliphatic carbocycles. The summed E-state index contributed by atoms with van der Waals surface area (Å²) >= 11 is 0. The van der Waals surface area contributed by atoms with E-state index < -0.39 is 17.5 Å². The Morgan fingerprint density at radius 3 is 2.53 bits per heavy atom. The lowest BCUT2D eigenvalue weighted by Gasteiger charge is -1.97. The van der Waals surface area contributed by atoms with Crippen molar-refractivity contribution in [1.29, 1.82) is 0 Å².